The van der Waals surface area contributed by atoms with Gasteiger partial charge in [-0.05, 0) is 55.4 Å². The van der Waals surface area contributed by atoms with Gasteiger partial charge in [-0.25, -0.2) is 9.37 Å². The Bertz CT molecular complexity index is 1150. The summed E-state index contributed by atoms with van der Waals surface area (Å²) in [4.78, 5) is 7.98. The fourth-order valence-corrected chi connectivity index (χ4v) is 3.98. The van der Waals surface area contributed by atoms with Gasteiger partial charge in [0.15, 0.2) is 0 Å². The van der Waals surface area contributed by atoms with E-state index in [2.05, 4.69) is 31.2 Å². The monoisotopic (exact) mass is 501 g/mol. The van der Waals surface area contributed by atoms with Crippen molar-refractivity contribution in [2.75, 3.05) is 6.54 Å². The molecule has 0 saturated heterocycles. The van der Waals surface area contributed by atoms with E-state index in [0.717, 1.165) is 57.6 Å². The lowest BCUT2D eigenvalue weighted by molar-refractivity contribution is 0.302. The van der Waals surface area contributed by atoms with E-state index in [1.807, 2.05) is 42.5 Å². The molecule has 0 saturated carbocycles. The van der Waals surface area contributed by atoms with Gasteiger partial charge < -0.3 is 15.0 Å². The van der Waals surface area contributed by atoms with Gasteiger partial charge in [-0.2, -0.15) is 0 Å². The highest BCUT2D eigenvalue weighted by atomic mass is 79.9. The molecule has 0 amide bonds. The number of ether oxygens (including phenoxy) is 1. The van der Waals surface area contributed by atoms with Gasteiger partial charge >= 0.3 is 0 Å². The van der Waals surface area contributed by atoms with Gasteiger partial charge in [-0.3, -0.25) is 0 Å². The number of halogens is 3. The largest absolute Gasteiger partial charge is 0.489 e. The van der Waals surface area contributed by atoms with Crippen molar-refractivity contribution in [3.8, 4) is 5.75 Å². The minimum Gasteiger partial charge on any atom is -0.489 e. The third kappa shape index (κ3) is 5.85. The highest BCUT2D eigenvalue weighted by Gasteiger charge is 2.08. The smallest absolute Gasteiger partial charge is 0.124 e. The summed E-state index contributed by atoms with van der Waals surface area (Å²) >= 11 is 9.63. The minimum atomic E-state index is -0.357. The van der Waals surface area contributed by atoms with Gasteiger partial charge in [0.25, 0.3) is 0 Å². The molecule has 4 rings (SSSR count). The zero-order valence-corrected chi connectivity index (χ0v) is 19.1. The van der Waals surface area contributed by atoms with Crippen molar-refractivity contribution in [1.82, 2.24) is 15.3 Å². The number of nitrogens with one attached hydrogen (secondary N) is 2. The Morgan fingerprint density at radius 3 is 2.77 bits per heavy atom. The number of hydrogen-bond donors (Lipinski definition) is 2. The maximum absolute atomic E-state index is 13.2. The first-order valence-corrected chi connectivity index (χ1v) is 11.2. The second kappa shape index (κ2) is 10.3. The molecule has 1 aromatic heterocycles. The molecule has 3 aromatic carbocycles. The number of aryl methyl sites for hydroxylation is 1. The highest BCUT2D eigenvalue weighted by Crippen LogP contribution is 2.26. The average Bonchev–Trinajstić information content (AvgIpc) is 3.17. The normalized spacial score (nSPS) is 11.2. The Hall–Kier alpha value is -2.41. The second-order valence-corrected chi connectivity index (χ2v) is 8.58. The summed E-state index contributed by atoms with van der Waals surface area (Å²) in [5.74, 6) is 1.42. The summed E-state index contributed by atoms with van der Waals surface area (Å²) in [5, 5.41) is 3.84. The molecule has 4 nitrogen and oxygen atoms in total. The van der Waals surface area contributed by atoms with Crippen LogP contribution in [0.3, 0.4) is 0 Å². The number of nitrogens with zero attached hydrogens (tertiary/aromatic N) is 1. The molecular weight excluding hydrogens is 481 g/mol. The van der Waals surface area contributed by atoms with Crippen molar-refractivity contribution < 1.29 is 9.13 Å². The summed E-state index contributed by atoms with van der Waals surface area (Å²) in [5.41, 5.74) is 3.86. The fourth-order valence-electron chi connectivity index (χ4n) is 3.35. The van der Waals surface area contributed by atoms with Gasteiger partial charge in [-0.1, -0.05) is 45.7 Å². The molecule has 0 aliphatic heterocycles. The lowest BCUT2D eigenvalue weighted by atomic mass is 10.2. The predicted octanol–water partition coefficient (Wildman–Crippen LogP) is 6.42. The number of imidazole rings is 1. The number of aromatic nitrogens is 2. The van der Waals surface area contributed by atoms with Crippen molar-refractivity contribution in [1.29, 1.82) is 0 Å². The van der Waals surface area contributed by atoms with Crippen molar-refractivity contribution in [2.45, 2.75) is 26.0 Å². The Morgan fingerprint density at radius 2 is 1.94 bits per heavy atom. The van der Waals surface area contributed by atoms with Crippen molar-refractivity contribution in [2.24, 2.45) is 0 Å². The minimum absolute atomic E-state index is 0.278. The first-order chi connectivity index (χ1) is 15.1. The number of hydrogen-bond acceptors (Lipinski definition) is 3. The van der Waals surface area contributed by atoms with Crippen LogP contribution in [0.15, 0.2) is 65.1 Å². The molecule has 0 radical (unpaired) electrons. The molecule has 0 aliphatic carbocycles. The molecule has 0 atom stereocenters. The van der Waals surface area contributed by atoms with E-state index in [1.165, 1.54) is 12.1 Å². The van der Waals surface area contributed by atoms with E-state index < -0.39 is 0 Å². The van der Waals surface area contributed by atoms with Crippen molar-refractivity contribution in [3.63, 3.8) is 0 Å². The van der Waals surface area contributed by atoms with Gasteiger partial charge in [0.1, 0.15) is 24.0 Å². The molecule has 0 spiro atoms. The van der Waals surface area contributed by atoms with E-state index in [-0.39, 0.29) is 12.4 Å². The summed E-state index contributed by atoms with van der Waals surface area (Å²) in [7, 11) is 0. The molecule has 0 aliphatic rings. The number of benzene rings is 3. The molecule has 160 valence electrons. The highest BCUT2D eigenvalue weighted by molar-refractivity contribution is 9.10. The maximum Gasteiger partial charge on any atom is 0.124 e. The Balaban J connectivity index is 1.30. The molecule has 2 N–H and O–H groups in total. The van der Waals surface area contributed by atoms with Gasteiger partial charge in [0.2, 0.25) is 0 Å². The molecular formula is C24H22BrClFN3O. The van der Waals surface area contributed by atoms with Crippen LogP contribution in [-0.4, -0.2) is 16.5 Å². The zero-order chi connectivity index (χ0) is 21.6. The standard InChI is InChI=1S/C24H22BrClFN3O/c25-18-8-10-23(31-15-16-7-9-19(27)13-20(16)26)17(12-18)14-28-11-3-6-24-29-21-4-1-2-5-22(21)30-24/h1-2,4-5,7-10,12-13,28H,3,6,11,14-15H2,(H,29,30). The lowest BCUT2D eigenvalue weighted by Crippen LogP contribution is -2.16. The van der Waals surface area contributed by atoms with Crippen LogP contribution in [-0.2, 0) is 19.6 Å². The number of para-hydroxylation sites is 2. The Kier molecular flexibility index (Phi) is 7.22. The van der Waals surface area contributed by atoms with E-state index >= 15 is 0 Å². The molecule has 0 fully saturated rings. The molecule has 31 heavy (non-hydrogen) atoms. The Labute approximate surface area is 193 Å². The van der Waals surface area contributed by atoms with E-state index in [1.54, 1.807) is 6.07 Å². The van der Waals surface area contributed by atoms with Crippen molar-refractivity contribution >= 4 is 38.6 Å². The third-order valence-electron chi connectivity index (χ3n) is 4.94. The van der Waals surface area contributed by atoms with Crippen LogP contribution in [0.25, 0.3) is 11.0 Å². The van der Waals surface area contributed by atoms with Crippen LogP contribution in [0.1, 0.15) is 23.4 Å². The summed E-state index contributed by atoms with van der Waals surface area (Å²) < 4.78 is 20.2. The predicted molar refractivity (Wildman–Crippen MR) is 126 cm³/mol. The van der Waals surface area contributed by atoms with Crippen LogP contribution >= 0.6 is 27.5 Å². The van der Waals surface area contributed by atoms with E-state index in [4.69, 9.17) is 16.3 Å². The summed E-state index contributed by atoms with van der Waals surface area (Å²) in [6.07, 6.45) is 1.85. The van der Waals surface area contributed by atoms with Gasteiger partial charge in [0, 0.05) is 28.6 Å². The number of fused-ring (bicyclic) bond motifs is 1. The summed E-state index contributed by atoms with van der Waals surface area (Å²) in [6.45, 7) is 1.80. The molecule has 0 unspecified atom stereocenters. The van der Waals surface area contributed by atoms with Crippen LogP contribution in [0.4, 0.5) is 4.39 Å². The number of rotatable bonds is 9. The second-order valence-electron chi connectivity index (χ2n) is 7.26. The van der Waals surface area contributed by atoms with E-state index in [9.17, 15) is 4.39 Å². The SMILES string of the molecule is Fc1ccc(COc2ccc(Br)cc2CNCCCc2nc3ccccc3[nH]2)c(Cl)c1. The van der Waals surface area contributed by atoms with Gasteiger partial charge in [-0.15, -0.1) is 0 Å². The van der Waals surface area contributed by atoms with Crippen LogP contribution in [0, 0.1) is 5.82 Å². The van der Waals surface area contributed by atoms with Crippen molar-refractivity contribution in [3.05, 3.63) is 92.9 Å². The molecule has 1 heterocycles. The lowest BCUT2D eigenvalue weighted by Gasteiger charge is -2.13. The molecule has 0 bridgehead atoms. The summed E-state index contributed by atoms with van der Waals surface area (Å²) in [6, 6.07) is 18.3. The van der Waals surface area contributed by atoms with E-state index in [0.29, 0.717) is 11.6 Å². The van der Waals surface area contributed by atoms with Crippen LogP contribution < -0.4 is 10.1 Å². The average molecular weight is 503 g/mol. The number of H-pyrrole nitrogens is 1. The first-order valence-electron chi connectivity index (χ1n) is 10.1. The van der Waals surface area contributed by atoms with Crippen LogP contribution in [0.5, 0.6) is 5.75 Å². The topological polar surface area (TPSA) is 49.9 Å². The fraction of sp³-hybridized carbons (Fsp3) is 0.208. The Morgan fingerprint density at radius 1 is 1.06 bits per heavy atom. The number of aromatic amines is 1. The quantitative estimate of drug-likeness (QED) is 0.260. The first kappa shape index (κ1) is 21.8. The van der Waals surface area contributed by atoms with Gasteiger partial charge in [0.05, 0.1) is 16.1 Å². The third-order valence-corrected chi connectivity index (χ3v) is 5.79. The molecule has 7 heteroatoms. The molecule has 4 aromatic rings. The van der Waals surface area contributed by atoms with Crippen LogP contribution in [0.2, 0.25) is 5.02 Å². The zero-order valence-electron chi connectivity index (χ0n) is 16.8. The maximum atomic E-state index is 13.2.